The van der Waals surface area contributed by atoms with E-state index in [2.05, 4.69) is 180 Å². The maximum atomic E-state index is 3.79. The number of benzene rings is 8. The van der Waals surface area contributed by atoms with Crippen LogP contribution in [0.4, 0.5) is 0 Å². The third-order valence-electron chi connectivity index (χ3n) is 11.2. The van der Waals surface area contributed by atoms with Gasteiger partial charge in [0.2, 0.25) is 0 Å². The van der Waals surface area contributed by atoms with Gasteiger partial charge in [0, 0.05) is 38.3 Å². The van der Waals surface area contributed by atoms with E-state index in [0.717, 1.165) is 6.42 Å². The first-order valence-corrected chi connectivity index (χ1v) is 18.4. The van der Waals surface area contributed by atoms with Gasteiger partial charge in [0.15, 0.2) is 0 Å². The highest BCUT2D eigenvalue weighted by Gasteiger charge is 2.26. The van der Waals surface area contributed by atoms with Crippen molar-refractivity contribution in [1.82, 2.24) is 9.13 Å². The molecule has 0 atom stereocenters. The molecule has 0 saturated carbocycles. The van der Waals surface area contributed by atoms with Crippen LogP contribution in [0, 0.1) is 0 Å². The predicted octanol–water partition coefficient (Wildman–Crippen LogP) is 13.7. The highest BCUT2D eigenvalue weighted by molar-refractivity contribution is 6.36. The van der Waals surface area contributed by atoms with Gasteiger partial charge in [0.05, 0.1) is 22.1 Å². The van der Waals surface area contributed by atoms with Gasteiger partial charge in [0.1, 0.15) is 0 Å². The summed E-state index contributed by atoms with van der Waals surface area (Å²) in [5.74, 6) is 0. The summed E-state index contributed by atoms with van der Waals surface area (Å²) in [6, 6.07) is 56.4. The van der Waals surface area contributed by atoms with E-state index in [1.54, 1.807) is 6.08 Å². The largest absolute Gasteiger partial charge is 0.309 e. The van der Waals surface area contributed by atoms with E-state index in [9.17, 15) is 0 Å². The molecule has 2 heteroatoms. The molecular formula is C51H34N2. The number of hydrogen-bond donors (Lipinski definition) is 0. The van der Waals surface area contributed by atoms with E-state index in [1.807, 2.05) is 12.2 Å². The summed E-state index contributed by atoms with van der Waals surface area (Å²) in [5, 5.41) is 10.3. The van der Waals surface area contributed by atoms with Gasteiger partial charge in [-0.3, -0.25) is 0 Å². The molecule has 1 aliphatic carbocycles. The van der Waals surface area contributed by atoms with Gasteiger partial charge in [0.25, 0.3) is 0 Å². The summed E-state index contributed by atoms with van der Waals surface area (Å²) in [6.45, 7) is 3.79. The molecule has 0 N–H and O–H groups in total. The van der Waals surface area contributed by atoms with E-state index < -0.39 is 0 Å². The molecule has 0 spiro atoms. The predicted molar refractivity (Wildman–Crippen MR) is 227 cm³/mol. The van der Waals surface area contributed by atoms with Crippen LogP contribution in [0.15, 0.2) is 189 Å². The molecule has 53 heavy (non-hydrogen) atoms. The van der Waals surface area contributed by atoms with Gasteiger partial charge in [-0.05, 0) is 86.8 Å². The van der Waals surface area contributed by atoms with Crippen molar-refractivity contribution in [3.05, 3.63) is 194 Å². The first kappa shape index (κ1) is 29.8. The molecule has 2 nitrogen and oxygen atoms in total. The number of fused-ring (bicyclic) bond motifs is 13. The second-order valence-corrected chi connectivity index (χ2v) is 14.1. The molecule has 0 amide bonds. The normalized spacial score (nSPS) is 12.5. The summed E-state index contributed by atoms with van der Waals surface area (Å²) >= 11 is 0. The molecule has 0 fully saturated rings. The van der Waals surface area contributed by atoms with E-state index in [-0.39, 0.29) is 0 Å². The van der Waals surface area contributed by atoms with E-state index in [4.69, 9.17) is 0 Å². The molecule has 11 rings (SSSR count). The zero-order valence-electron chi connectivity index (χ0n) is 29.1. The van der Waals surface area contributed by atoms with Crippen molar-refractivity contribution in [2.45, 2.75) is 6.42 Å². The van der Waals surface area contributed by atoms with Gasteiger partial charge in [-0.2, -0.15) is 0 Å². The van der Waals surface area contributed by atoms with Crippen LogP contribution in [0.5, 0.6) is 0 Å². The van der Waals surface area contributed by atoms with Gasteiger partial charge in [-0.15, -0.1) is 0 Å². The van der Waals surface area contributed by atoms with Gasteiger partial charge in [-0.1, -0.05) is 152 Å². The summed E-state index contributed by atoms with van der Waals surface area (Å²) < 4.78 is 5.04. The maximum absolute atomic E-state index is 3.79. The fourth-order valence-corrected chi connectivity index (χ4v) is 9.09. The standard InChI is InChI=1S/C51H34N2/c1-2-3-4-5-6-16-33-17-13-20-35(31-33)53-45-27-11-9-23-42(45)48-39-21-7-8-22-41(39)50-49(51(48)53)43-24-10-12-28-46(43)52(50)36-29-30-37-38-25-14-18-34-19-15-26-40(47(34)38)44(37)32-36/h2-15,17-32H,1,16H2/b4-3-,6-5-. The topological polar surface area (TPSA) is 9.86 Å². The lowest BCUT2D eigenvalue weighted by molar-refractivity contribution is 1.16. The lowest BCUT2D eigenvalue weighted by Gasteiger charge is -2.14. The number of nitrogens with zero attached hydrogens (tertiary/aromatic N) is 2. The van der Waals surface area contributed by atoms with Crippen LogP contribution >= 0.6 is 0 Å². The lowest BCUT2D eigenvalue weighted by Crippen LogP contribution is -1.97. The van der Waals surface area contributed by atoms with Gasteiger partial charge < -0.3 is 9.13 Å². The van der Waals surface area contributed by atoms with Crippen molar-refractivity contribution >= 4 is 65.2 Å². The molecule has 0 bridgehead atoms. The van der Waals surface area contributed by atoms with E-state index in [0.29, 0.717) is 0 Å². The van der Waals surface area contributed by atoms with Crippen molar-refractivity contribution in [3.8, 4) is 33.6 Å². The van der Waals surface area contributed by atoms with Gasteiger partial charge >= 0.3 is 0 Å². The van der Waals surface area contributed by atoms with Crippen LogP contribution in [0.2, 0.25) is 0 Å². The van der Waals surface area contributed by atoms with Crippen molar-refractivity contribution in [2.75, 3.05) is 0 Å². The Hall–Kier alpha value is -6.90. The van der Waals surface area contributed by atoms with Crippen LogP contribution < -0.4 is 0 Å². The molecule has 8 aromatic carbocycles. The molecular weight excluding hydrogens is 641 g/mol. The second kappa shape index (κ2) is 11.6. The molecule has 2 aromatic heterocycles. The molecule has 1 aliphatic rings. The lowest BCUT2D eigenvalue weighted by atomic mass is 9.99. The molecule has 2 heterocycles. The van der Waals surface area contributed by atoms with Crippen molar-refractivity contribution in [1.29, 1.82) is 0 Å². The Kier molecular flexibility index (Phi) is 6.50. The SMILES string of the molecule is C=C/C=C\C=C/Cc1cccc(-n2c3ccccc3c3c4ccccc4c4c(c5ccccc5n4-c4ccc5c(c4)-c4cccc6cccc-5c46)c32)c1. The average Bonchev–Trinajstić information content (AvgIpc) is 3.85. The third-order valence-corrected chi connectivity index (χ3v) is 11.2. The number of allylic oxidation sites excluding steroid dienone is 5. The summed E-state index contributed by atoms with van der Waals surface area (Å²) in [7, 11) is 0. The molecule has 0 saturated heterocycles. The van der Waals surface area contributed by atoms with Crippen LogP contribution in [-0.2, 0) is 6.42 Å². The van der Waals surface area contributed by atoms with Crippen LogP contribution in [-0.4, -0.2) is 9.13 Å². The minimum Gasteiger partial charge on any atom is -0.309 e. The number of aromatic nitrogens is 2. The zero-order chi connectivity index (χ0) is 35.0. The number of rotatable bonds is 6. The second-order valence-electron chi connectivity index (χ2n) is 14.1. The zero-order valence-corrected chi connectivity index (χ0v) is 29.1. The smallest absolute Gasteiger partial charge is 0.0647 e. The monoisotopic (exact) mass is 674 g/mol. The Labute approximate surface area is 307 Å². The fraction of sp³-hybridized carbons (Fsp3) is 0.0196. The minimum atomic E-state index is 0.847. The van der Waals surface area contributed by atoms with Crippen molar-refractivity contribution in [2.24, 2.45) is 0 Å². The summed E-state index contributed by atoms with van der Waals surface area (Å²) in [6.07, 6.45) is 10.9. The van der Waals surface area contributed by atoms with Crippen LogP contribution in [0.3, 0.4) is 0 Å². The first-order chi connectivity index (χ1) is 26.3. The van der Waals surface area contributed by atoms with Gasteiger partial charge in [-0.25, -0.2) is 0 Å². The Morgan fingerprint density at radius 3 is 1.85 bits per heavy atom. The first-order valence-electron chi connectivity index (χ1n) is 18.4. The molecule has 0 radical (unpaired) electrons. The molecule has 10 aromatic rings. The highest BCUT2D eigenvalue weighted by atomic mass is 15.0. The highest BCUT2D eigenvalue weighted by Crippen LogP contribution is 2.50. The molecule has 248 valence electrons. The average molecular weight is 675 g/mol. The van der Waals surface area contributed by atoms with Crippen molar-refractivity contribution < 1.29 is 0 Å². The Balaban J connectivity index is 1.25. The fourth-order valence-electron chi connectivity index (χ4n) is 9.09. The van der Waals surface area contributed by atoms with Crippen LogP contribution in [0.25, 0.3) is 98.8 Å². The van der Waals surface area contributed by atoms with Crippen molar-refractivity contribution in [3.63, 3.8) is 0 Å². The Morgan fingerprint density at radius 1 is 0.434 bits per heavy atom. The van der Waals surface area contributed by atoms with Crippen LogP contribution in [0.1, 0.15) is 5.56 Å². The number of para-hydroxylation sites is 2. The quantitative estimate of drug-likeness (QED) is 0.155. The van der Waals surface area contributed by atoms with E-state index in [1.165, 1.54) is 104 Å². The van der Waals surface area contributed by atoms with E-state index >= 15 is 0 Å². The summed E-state index contributed by atoms with van der Waals surface area (Å²) in [4.78, 5) is 0. The third kappa shape index (κ3) is 4.27. The molecule has 0 aliphatic heterocycles. The Morgan fingerprint density at radius 2 is 1.08 bits per heavy atom. The number of hydrogen-bond acceptors (Lipinski definition) is 0. The minimum absolute atomic E-state index is 0.847. The Bertz CT molecular complexity index is 3210. The summed E-state index contributed by atoms with van der Waals surface area (Å²) in [5.41, 5.74) is 13.7. The maximum Gasteiger partial charge on any atom is 0.0647 e. The molecule has 0 unspecified atom stereocenters.